The summed E-state index contributed by atoms with van der Waals surface area (Å²) in [6.45, 7) is 5.51. The fraction of sp³-hybridized carbons (Fsp3) is 0.400. The minimum Gasteiger partial charge on any atom is -0.369 e. The zero-order valence-corrected chi connectivity index (χ0v) is 12.2. The lowest BCUT2D eigenvalue weighted by atomic mass is 10.1. The Balaban J connectivity index is 1.57. The molecule has 1 aliphatic heterocycles. The van der Waals surface area contributed by atoms with E-state index in [1.54, 1.807) is 11.3 Å². The minimum atomic E-state index is 0.633. The molecule has 1 aliphatic rings. The maximum absolute atomic E-state index is 4.13. The first-order valence-electron chi connectivity index (χ1n) is 6.62. The lowest BCUT2D eigenvalue weighted by Crippen LogP contribution is -2.58. The number of aryl methyl sites for hydroxylation is 1. The van der Waals surface area contributed by atoms with Crippen LogP contribution < -0.4 is 4.90 Å². The second-order valence-electron chi connectivity index (χ2n) is 5.21. The van der Waals surface area contributed by atoms with Crippen molar-refractivity contribution in [3.63, 3.8) is 0 Å². The first kappa shape index (κ1) is 12.6. The molecule has 0 spiro atoms. The summed E-state index contributed by atoms with van der Waals surface area (Å²) in [5.74, 6) is 0. The molecule has 1 aromatic heterocycles. The van der Waals surface area contributed by atoms with Crippen molar-refractivity contribution in [1.82, 2.24) is 9.88 Å². The van der Waals surface area contributed by atoms with Gasteiger partial charge in [-0.3, -0.25) is 9.88 Å². The Bertz CT molecular complexity index is 532. The monoisotopic (exact) mass is 273 g/mol. The Kier molecular flexibility index (Phi) is 3.53. The van der Waals surface area contributed by atoms with Gasteiger partial charge >= 0.3 is 0 Å². The first-order chi connectivity index (χ1) is 9.24. The first-order valence-corrected chi connectivity index (χ1v) is 7.50. The lowest BCUT2D eigenvalue weighted by Gasteiger charge is -2.45. The van der Waals surface area contributed by atoms with Crippen LogP contribution >= 0.6 is 11.3 Å². The molecular formula is C15H19N3S. The predicted octanol–water partition coefficient (Wildman–Crippen LogP) is 2.77. The number of nitrogens with zero attached hydrogens (tertiary/aromatic N) is 3. The minimum absolute atomic E-state index is 0.633. The number of benzene rings is 1. The molecule has 100 valence electrons. The van der Waals surface area contributed by atoms with Crippen LogP contribution in [-0.2, 0) is 6.54 Å². The fourth-order valence-electron chi connectivity index (χ4n) is 2.61. The van der Waals surface area contributed by atoms with Crippen molar-refractivity contribution in [3.05, 3.63) is 46.4 Å². The zero-order valence-electron chi connectivity index (χ0n) is 11.4. The van der Waals surface area contributed by atoms with Crippen LogP contribution in [-0.4, -0.2) is 36.1 Å². The van der Waals surface area contributed by atoms with Crippen LogP contribution in [0.2, 0.25) is 0 Å². The van der Waals surface area contributed by atoms with E-state index in [2.05, 4.69) is 53.0 Å². The van der Waals surface area contributed by atoms with Crippen molar-refractivity contribution < 1.29 is 0 Å². The SMILES string of the molecule is Cc1ccccc1N(C)C1CN(Cc2cncs2)C1. The topological polar surface area (TPSA) is 19.4 Å². The number of rotatable bonds is 4. The van der Waals surface area contributed by atoms with Gasteiger partial charge in [0.15, 0.2) is 0 Å². The van der Waals surface area contributed by atoms with Crippen molar-refractivity contribution in [2.24, 2.45) is 0 Å². The molecule has 4 heteroatoms. The molecule has 0 atom stereocenters. The van der Waals surface area contributed by atoms with Crippen LogP contribution in [0.15, 0.2) is 36.0 Å². The number of likely N-dealkylation sites (tertiary alicyclic amines) is 1. The average Bonchev–Trinajstić information content (AvgIpc) is 2.86. The van der Waals surface area contributed by atoms with E-state index in [4.69, 9.17) is 0 Å². The Morgan fingerprint density at radius 1 is 1.37 bits per heavy atom. The third kappa shape index (κ3) is 2.65. The normalized spacial score (nSPS) is 16.3. The van der Waals surface area contributed by atoms with Gasteiger partial charge in [-0.15, -0.1) is 11.3 Å². The van der Waals surface area contributed by atoms with E-state index in [-0.39, 0.29) is 0 Å². The summed E-state index contributed by atoms with van der Waals surface area (Å²) in [6, 6.07) is 9.24. The van der Waals surface area contributed by atoms with Crippen molar-refractivity contribution in [3.8, 4) is 0 Å². The predicted molar refractivity (Wildman–Crippen MR) is 80.8 cm³/mol. The molecule has 1 fully saturated rings. The molecule has 1 saturated heterocycles. The molecule has 19 heavy (non-hydrogen) atoms. The molecule has 0 saturated carbocycles. The fourth-order valence-corrected chi connectivity index (χ4v) is 3.25. The zero-order chi connectivity index (χ0) is 13.2. The molecule has 2 aromatic rings. The molecule has 0 aliphatic carbocycles. The van der Waals surface area contributed by atoms with E-state index in [1.165, 1.54) is 16.1 Å². The van der Waals surface area contributed by atoms with Gasteiger partial charge in [0.2, 0.25) is 0 Å². The van der Waals surface area contributed by atoms with Crippen LogP contribution in [0, 0.1) is 6.92 Å². The number of anilines is 1. The second kappa shape index (κ2) is 5.31. The van der Waals surface area contributed by atoms with Gasteiger partial charge in [-0.1, -0.05) is 18.2 Å². The molecule has 1 aromatic carbocycles. The summed E-state index contributed by atoms with van der Waals surface area (Å²) in [4.78, 5) is 10.4. The van der Waals surface area contributed by atoms with Crippen molar-refractivity contribution in [2.45, 2.75) is 19.5 Å². The van der Waals surface area contributed by atoms with Gasteiger partial charge in [-0.25, -0.2) is 0 Å². The van der Waals surface area contributed by atoms with Crippen LogP contribution in [0.5, 0.6) is 0 Å². The summed E-state index contributed by atoms with van der Waals surface area (Å²) in [6.07, 6.45) is 1.98. The van der Waals surface area contributed by atoms with Gasteiger partial charge in [0.1, 0.15) is 0 Å². The lowest BCUT2D eigenvalue weighted by molar-refractivity contribution is 0.140. The summed E-state index contributed by atoms with van der Waals surface area (Å²) < 4.78 is 0. The third-order valence-corrected chi connectivity index (χ3v) is 4.61. The molecule has 0 N–H and O–H groups in total. The summed E-state index contributed by atoms with van der Waals surface area (Å²) in [5, 5.41) is 0. The van der Waals surface area contributed by atoms with E-state index in [9.17, 15) is 0 Å². The number of aromatic nitrogens is 1. The van der Waals surface area contributed by atoms with Crippen LogP contribution in [0.25, 0.3) is 0 Å². The van der Waals surface area contributed by atoms with E-state index < -0.39 is 0 Å². The van der Waals surface area contributed by atoms with E-state index in [0.29, 0.717) is 6.04 Å². The molecule has 0 bridgehead atoms. The average molecular weight is 273 g/mol. The van der Waals surface area contributed by atoms with Crippen molar-refractivity contribution >= 4 is 17.0 Å². The number of likely N-dealkylation sites (N-methyl/N-ethyl adjacent to an activating group) is 1. The highest BCUT2D eigenvalue weighted by Gasteiger charge is 2.30. The largest absolute Gasteiger partial charge is 0.369 e. The second-order valence-corrected chi connectivity index (χ2v) is 6.18. The maximum atomic E-state index is 4.13. The van der Waals surface area contributed by atoms with Crippen molar-refractivity contribution in [1.29, 1.82) is 0 Å². The van der Waals surface area contributed by atoms with Gasteiger partial charge in [-0.05, 0) is 18.6 Å². The highest BCUT2D eigenvalue weighted by atomic mass is 32.1. The van der Waals surface area contributed by atoms with Crippen LogP contribution in [0.3, 0.4) is 0 Å². The molecule has 0 unspecified atom stereocenters. The van der Waals surface area contributed by atoms with Crippen LogP contribution in [0.1, 0.15) is 10.4 Å². The van der Waals surface area contributed by atoms with E-state index >= 15 is 0 Å². The molecular weight excluding hydrogens is 254 g/mol. The van der Waals surface area contributed by atoms with E-state index in [0.717, 1.165) is 19.6 Å². The highest BCUT2D eigenvalue weighted by Crippen LogP contribution is 2.25. The number of hydrogen-bond donors (Lipinski definition) is 0. The Morgan fingerprint density at radius 2 is 2.16 bits per heavy atom. The van der Waals surface area contributed by atoms with Gasteiger partial charge < -0.3 is 4.90 Å². The quantitative estimate of drug-likeness (QED) is 0.854. The van der Waals surface area contributed by atoms with E-state index in [1.807, 2.05) is 11.7 Å². The van der Waals surface area contributed by atoms with Gasteiger partial charge in [0.05, 0.1) is 11.6 Å². The summed E-state index contributed by atoms with van der Waals surface area (Å²) in [5.41, 5.74) is 4.61. The Hall–Kier alpha value is -1.39. The standard InChI is InChI=1S/C15H19N3S/c1-12-5-3-4-6-15(12)17(2)13-8-18(9-13)10-14-7-16-11-19-14/h3-7,11,13H,8-10H2,1-2H3. The number of thiazole rings is 1. The van der Waals surface area contributed by atoms with Gasteiger partial charge in [0, 0.05) is 43.4 Å². The molecule has 3 nitrogen and oxygen atoms in total. The summed E-state index contributed by atoms with van der Waals surface area (Å²) >= 11 is 1.74. The third-order valence-electron chi connectivity index (χ3n) is 3.84. The van der Waals surface area contributed by atoms with Crippen molar-refractivity contribution in [2.75, 3.05) is 25.0 Å². The highest BCUT2D eigenvalue weighted by molar-refractivity contribution is 7.09. The Labute approximate surface area is 118 Å². The smallest absolute Gasteiger partial charge is 0.0794 e. The number of hydrogen-bond acceptors (Lipinski definition) is 4. The van der Waals surface area contributed by atoms with Gasteiger partial charge in [0.25, 0.3) is 0 Å². The molecule has 3 rings (SSSR count). The molecule has 2 heterocycles. The number of para-hydroxylation sites is 1. The summed E-state index contributed by atoms with van der Waals surface area (Å²) in [7, 11) is 2.21. The molecule has 0 amide bonds. The maximum Gasteiger partial charge on any atom is 0.0794 e. The van der Waals surface area contributed by atoms with Crippen LogP contribution in [0.4, 0.5) is 5.69 Å². The molecule has 0 radical (unpaired) electrons. The van der Waals surface area contributed by atoms with Gasteiger partial charge in [-0.2, -0.15) is 0 Å². The Morgan fingerprint density at radius 3 is 2.84 bits per heavy atom.